The van der Waals surface area contributed by atoms with E-state index >= 15 is 0 Å². The van der Waals surface area contributed by atoms with Gasteiger partial charge in [0.05, 0.1) is 12.0 Å². The summed E-state index contributed by atoms with van der Waals surface area (Å²) in [5.74, 6) is -3.10. The number of amides is 1. The van der Waals surface area contributed by atoms with Crippen LogP contribution in [-0.2, 0) is 14.4 Å². The average Bonchev–Trinajstić information content (AvgIpc) is 2.11. The van der Waals surface area contributed by atoms with Crippen LogP contribution in [0.1, 0.15) is 19.3 Å². The topological polar surface area (TPSA) is 109 Å². The van der Waals surface area contributed by atoms with Gasteiger partial charge in [0.1, 0.15) is 0 Å². The SMILES string of the molecule is O=C([O-])CC[C@H](NC(=O)CCS)C(=O)[O-].[Na+].[Na+]. The van der Waals surface area contributed by atoms with Gasteiger partial charge in [0.25, 0.3) is 0 Å². The zero-order chi connectivity index (χ0) is 11.8. The van der Waals surface area contributed by atoms with E-state index in [2.05, 4.69) is 17.9 Å². The first-order chi connectivity index (χ1) is 6.97. The monoisotopic (exact) mass is 279 g/mol. The van der Waals surface area contributed by atoms with Crippen molar-refractivity contribution in [1.29, 1.82) is 0 Å². The van der Waals surface area contributed by atoms with Gasteiger partial charge in [-0.25, -0.2) is 0 Å². The standard InChI is InChI=1S/C8H13NO5S.2Na/c10-6(3-4-15)9-5(8(13)14)1-2-7(11)12;;/h5,15H,1-4H2,(H,9,10)(H,11,12)(H,13,14);;/q;2*+1/p-2/t5-;;/m0../s1. The molecule has 0 bridgehead atoms. The van der Waals surface area contributed by atoms with E-state index in [-0.39, 0.29) is 77.7 Å². The van der Waals surface area contributed by atoms with Crippen LogP contribution in [0.25, 0.3) is 0 Å². The Hall–Kier alpha value is 0.760. The molecule has 17 heavy (non-hydrogen) atoms. The number of nitrogens with one attached hydrogen (secondary N) is 1. The van der Waals surface area contributed by atoms with Crippen LogP contribution in [0.3, 0.4) is 0 Å². The van der Waals surface area contributed by atoms with Crippen LogP contribution < -0.4 is 74.6 Å². The summed E-state index contributed by atoms with van der Waals surface area (Å²) in [4.78, 5) is 31.6. The molecule has 0 fully saturated rings. The van der Waals surface area contributed by atoms with Crippen molar-refractivity contribution in [3.63, 3.8) is 0 Å². The van der Waals surface area contributed by atoms with Gasteiger partial charge < -0.3 is 25.1 Å². The fraction of sp³-hybridized carbons (Fsp3) is 0.625. The van der Waals surface area contributed by atoms with Crippen LogP contribution in [0.4, 0.5) is 0 Å². The second-order valence-corrected chi connectivity index (χ2v) is 3.27. The summed E-state index contributed by atoms with van der Waals surface area (Å²) in [7, 11) is 0. The molecule has 6 nitrogen and oxygen atoms in total. The van der Waals surface area contributed by atoms with E-state index in [4.69, 9.17) is 0 Å². The quantitative estimate of drug-likeness (QED) is 0.355. The fourth-order valence-corrected chi connectivity index (χ4v) is 1.08. The van der Waals surface area contributed by atoms with Gasteiger partial charge in [-0.3, -0.25) is 4.79 Å². The molecule has 0 rings (SSSR count). The maximum atomic E-state index is 11.0. The molecular formula is C8H11NNa2O5S. The largest absolute Gasteiger partial charge is 1.00 e. The Labute approximate surface area is 149 Å². The number of rotatable bonds is 7. The van der Waals surface area contributed by atoms with Crippen molar-refractivity contribution in [2.24, 2.45) is 0 Å². The Bertz CT molecular complexity index is 264. The average molecular weight is 279 g/mol. The van der Waals surface area contributed by atoms with Crippen molar-refractivity contribution in [3.05, 3.63) is 0 Å². The molecule has 0 aliphatic heterocycles. The van der Waals surface area contributed by atoms with Crippen LogP contribution in [0.15, 0.2) is 0 Å². The molecule has 0 aromatic rings. The van der Waals surface area contributed by atoms with E-state index in [1.807, 2.05) is 0 Å². The van der Waals surface area contributed by atoms with Crippen LogP contribution in [0.5, 0.6) is 0 Å². The minimum atomic E-state index is -1.51. The summed E-state index contributed by atoms with van der Waals surface area (Å²) in [6.45, 7) is 0. The summed E-state index contributed by atoms with van der Waals surface area (Å²) >= 11 is 3.79. The van der Waals surface area contributed by atoms with Gasteiger partial charge in [-0.2, -0.15) is 12.6 Å². The fourth-order valence-electron chi connectivity index (χ4n) is 0.879. The molecule has 0 saturated heterocycles. The Morgan fingerprint density at radius 2 is 1.65 bits per heavy atom. The van der Waals surface area contributed by atoms with E-state index in [1.54, 1.807) is 0 Å². The summed E-state index contributed by atoms with van der Waals surface area (Å²) in [5.41, 5.74) is 0. The first kappa shape index (κ1) is 22.9. The number of carbonyl (C=O) groups excluding carboxylic acids is 3. The first-order valence-corrected chi connectivity index (χ1v) is 4.91. The molecule has 1 atom stereocenters. The number of thiol groups is 1. The van der Waals surface area contributed by atoms with Gasteiger partial charge in [-0.1, -0.05) is 0 Å². The molecule has 86 valence electrons. The third-order valence-corrected chi connectivity index (χ3v) is 1.82. The summed E-state index contributed by atoms with van der Waals surface area (Å²) < 4.78 is 0. The van der Waals surface area contributed by atoms with Gasteiger partial charge in [0, 0.05) is 12.4 Å². The summed E-state index contributed by atoms with van der Waals surface area (Å²) in [6.07, 6.45) is -0.624. The Kier molecular flexibility index (Phi) is 17.8. The van der Waals surface area contributed by atoms with Crippen LogP contribution in [0, 0.1) is 0 Å². The second kappa shape index (κ2) is 13.2. The van der Waals surface area contributed by atoms with E-state index in [9.17, 15) is 24.6 Å². The molecule has 0 saturated carbocycles. The minimum absolute atomic E-state index is 0. The van der Waals surface area contributed by atoms with Crippen LogP contribution in [0.2, 0.25) is 0 Å². The molecule has 0 unspecified atom stereocenters. The van der Waals surface area contributed by atoms with E-state index in [1.165, 1.54) is 0 Å². The molecule has 0 radical (unpaired) electrons. The van der Waals surface area contributed by atoms with Gasteiger partial charge in [-0.05, 0) is 18.6 Å². The predicted molar refractivity (Wildman–Crippen MR) is 49.6 cm³/mol. The number of carboxylic acid groups (broad SMARTS) is 2. The molecule has 0 aromatic heterocycles. The van der Waals surface area contributed by atoms with Crippen molar-refractivity contribution in [1.82, 2.24) is 5.32 Å². The van der Waals surface area contributed by atoms with Gasteiger partial charge >= 0.3 is 59.1 Å². The summed E-state index contributed by atoms with van der Waals surface area (Å²) in [5, 5.41) is 22.7. The first-order valence-electron chi connectivity index (χ1n) is 4.28. The molecular weight excluding hydrogens is 268 g/mol. The maximum Gasteiger partial charge on any atom is 1.00 e. The summed E-state index contributed by atoms with van der Waals surface area (Å²) in [6, 6.07) is -1.30. The van der Waals surface area contributed by atoms with Crippen molar-refractivity contribution < 1.29 is 83.7 Å². The molecule has 0 heterocycles. The number of aliphatic carboxylic acids is 2. The van der Waals surface area contributed by atoms with E-state index in [0.29, 0.717) is 0 Å². The molecule has 1 N–H and O–H groups in total. The third-order valence-electron chi connectivity index (χ3n) is 1.60. The molecule has 0 aliphatic rings. The predicted octanol–water partition coefficient (Wildman–Crippen LogP) is -8.92. The zero-order valence-corrected chi connectivity index (χ0v) is 14.8. The number of hydrogen-bond acceptors (Lipinski definition) is 6. The van der Waals surface area contributed by atoms with Crippen LogP contribution >= 0.6 is 12.6 Å². The van der Waals surface area contributed by atoms with Gasteiger partial charge in [0.2, 0.25) is 5.91 Å². The number of hydrogen-bond donors (Lipinski definition) is 2. The molecule has 1 amide bonds. The Morgan fingerprint density at radius 1 is 1.12 bits per heavy atom. The maximum absolute atomic E-state index is 11.0. The molecule has 0 spiro atoms. The van der Waals surface area contributed by atoms with E-state index < -0.39 is 30.3 Å². The van der Waals surface area contributed by atoms with Crippen molar-refractivity contribution in [2.75, 3.05) is 5.75 Å². The van der Waals surface area contributed by atoms with Crippen molar-refractivity contribution in [3.8, 4) is 0 Å². The van der Waals surface area contributed by atoms with Crippen LogP contribution in [-0.4, -0.2) is 29.6 Å². The second-order valence-electron chi connectivity index (χ2n) is 2.82. The molecule has 9 heteroatoms. The number of carbonyl (C=O) groups is 3. The normalized spacial score (nSPS) is 10.4. The Balaban J connectivity index is -0.000000980. The Morgan fingerprint density at radius 3 is 2.00 bits per heavy atom. The van der Waals surface area contributed by atoms with Crippen molar-refractivity contribution >= 4 is 30.5 Å². The number of carboxylic acids is 2. The minimum Gasteiger partial charge on any atom is -0.550 e. The third kappa shape index (κ3) is 13.0. The molecule has 0 aromatic carbocycles. The van der Waals surface area contributed by atoms with Gasteiger partial charge in [0.15, 0.2) is 0 Å². The zero-order valence-electron chi connectivity index (χ0n) is 9.89. The van der Waals surface area contributed by atoms with Crippen molar-refractivity contribution in [2.45, 2.75) is 25.3 Å². The molecule has 0 aliphatic carbocycles. The smallest absolute Gasteiger partial charge is 0.550 e. The van der Waals surface area contributed by atoms with E-state index in [0.717, 1.165) is 0 Å². The van der Waals surface area contributed by atoms with Gasteiger partial charge in [-0.15, -0.1) is 0 Å².